The Kier molecular flexibility index (Phi) is 2.24. The van der Waals surface area contributed by atoms with Crippen LogP contribution in [0.5, 0.6) is 0 Å². The molecule has 2 heteroatoms. The highest BCUT2D eigenvalue weighted by molar-refractivity contribution is 5.29. The van der Waals surface area contributed by atoms with Gasteiger partial charge in [0.15, 0.2) is 0 Å². The minimum absolute atomic E-state index is 0.447. The lowest BCUT2D eigenvalue weighted by molar-refractivity contribution is 0.420. The largest absolute Gasteiger partial charge is 0.328 e. The molecular formula is C13H18N2. The molecule has 1 aromatic rings. The summed E-state index contributed by atoms with van der Waals surface area (Å²) in [4.78, 5) is 4.57. The molecule has 2 nitrogen and oxygen atoms in total. The number of hydrogen-bond donors (Lipinski definition) is 1. The van der Waals surface area contributed by atoms with E-state index in [1.807, 2.05) is 6.20 Å². The van der Waals surface area contributed by atoms with E-state index >= 15 is 0 Å². The summed E-state index contributed by atoms with van der Waals surface area (Å²) in [6, 6.07) is 4.74. The third kappa shape index (κ3) is 1.57. The lowest BCUT2D eigenvalue weighted by Gasteiger charge is -2.18. The Bertz CT molecular complexity index is 361. The normalized spacial score (nSPS) is 34.3. The van der Waals surface area contributed by atoms with Gasteiger partial charge in [0.05, 0.1) is 0 Å². The quantitative estimate of drug-likeness (QED) is 0.758. The minimum Gasteiger partial charge on any atom is -0.328 e. The fraction of sp³-hybridized carbons (Fsp3) is 0.615. The van der Waals surface area contributed by atoms with Crippen molar-refractivity contribution in [2.45, 2.75) is 44.1 Å². The van der Waals surface area contributed by atoms with Crippen LogP contribution in [0.25, 0.3) is 0 Å². The van der Waals surface area contributed by atoms with Gasteiger partial charge < -0.3 is 5.73 Å². The van der Waals surface area contributed by atoms with Gasteiger partial charge in [-0.25, -0.2) is 0 Å². The molecule has 2 aliphatic carbocycles. The molecule has 0 bridgehead atoms. The second-order valence-electron chi connectivity index (χ2n) is 5.03. The second kappa shape index (κ2) is 3.60. The standard InChI is InChI=1S/C13H18N2/c14-11-5-3-10(8-11)12-6-4-9-2-1-7-15-13(9)12/h1-2,7,10-12H,3-6,8,14H2. The molecule has 3 rings (SSSR count). The Morgan fingerprint density at radius 2 is 2.20 bits per heavy atom. The molecule has 1 fully saturated rings. The summed E-state index contributed by atoms with van der Waals surface area (Å²) in [5.41, 5.74) is 8.84. The maximum atomic E-state index is 5.99. The maximum Gasteiger partial charge on any atom is 0.0469 e. The number of hydrogen-bond acceptors (Lipinski definition) is 2. The first kappa shape index (κ1) is 9.34. The number of aryl methyl sites for hydroxylation is 1. The third-order valence-electron chi connectivity index (χ3n) is 4.08. The van der Waals surface area contributed by atoms with Crippen LogP contribution in [-0.4, -0.2) is 11.0 Å². The lowest BCUT2D eigenvalue weighted by Crippen LogP contribution is -2.16. The first-order valence-electron chi connectivity index (χ1n) is 6.04. The molecule has 1 heterocycles. The van der Waals surface area contributed by atoms with E-state index in [0.717, 1.165) is 5.92 Å². The molecule has 0 aromatic carbocycles. The van der Waals surface area contributed by atoms with Crippen LogP contribution in [0.1, 0.15) is 42.9 Å². The Morgan fingerprint density at radius 3 is 3.00 bits per heavy atom. The Balaban J connectivity index is 1.85. The van der Waals surface area contributed by atoms with E-state index in [9.17, 15) is 0 Å². The minimum atomic E-state index is 0.447. The second-order valence-corrected chi connectivity index (χ2v) is 5.03. The van der Waals surface area contributed by atoms with Crippen LogP contribution < -0.4 is 5.73 Å². The number of rotatable bonds is 1. The van der Waals surface area contributed by atoms with Crippen LogP contribution >= 0.6 is 0 Å². The molecule has 80 valence electrons. The molecule has 0 saturated heterocycles. The van der Waals surface area contributed by atoms with Crippen LogP contribution in [0.15, 0.2) is 18.3 Å². The summed E-state index contributed by atoms with van der Waals surface area (Å²) >= 11 is 0. The van der Waals surface area contributed by atoms with E-state index in [0.29, 0.717) is 12.0 Å². The smallest absolute Gasteiger partial charge is 0.0469 e. The fourth-order valence-electron chi connectivity index (χ4n) is 3.32. The molecule has 3 unspecified atom stereocenters. The van der Waals surface area contributed by atoms with E-state index < -0.39 is 0 Å². The van der Waals surface area contributed by atoms with E-state index in [1.54, 1.807) is 0 Å². The van der Waals surface area contributed by atoms with Crippen molar-refractivity contribution >= 4 is 0 Å². The molecule has 0 aliphatic heterocycles. The van der Waals surface area contributed by atoms with Crippen LogP contribution in [0.3, 0.4) is 0 Å². The SMILES string of the molecule is NC1CCC(C2CCc3cccnc32)C1. The Morgan fingerprint density at radius 1 is 1.27 bits per heavy atom. The van der Waals surface area contributed by atoms with E-state index in [1.165, 1.54) is 43.4 Å². The molecule has 0 spiro atoms. The molecule has 1 saturated carbocycles. The van der Waals surface area contributed by atoms with Crippen molar-refractivity contribution in [3.05, 3.63) is 29.6 Å². The Hall–Kier alpha value is -0.890. The molecule has 1 aromatic heterocycles. The summed E-state index contributed by atoms with van der Waals surface area (Å²) in [6.07, 6.45) is 8.18. The average molecular weight is 202 g/mol. The molecule has 2 N–H and O–H groups in total. The fourth-order valence-corrected chi connectivity index (χ4v) is 3.32. The molecular weight excluding hydrogens is 184 g/mol. The highest BCUT2D eigenvalue weighted by atomic mass is 14.7. The van der Waals surface area contributed by atoms with Crippen molar-refractivity contribution in [3.8, 4) is 0 Å². The van der Waals surface area contributed by atoms with Gasteiger partial charge in [-0.2, -0.15) is 0 Å². The molecule has 0 amide bonds. The predicted octanol–water partition coefficient (Wildman–Crippen LogP) is 2.24. The number of pyridine rings is 1. The van der Waals surface area contributed by atoms with Crippen LogP contribution in [0, 0.1) is 5.92 Å². The zero-order chi connectivity index (χ0) is 10.3. The van der Waals surface area contributed by atoms with Gasteiger partial charge in [0.25, 0.3) is 0 Å². The summed E-state index contributed by atoms with van der Waals surface area (Å²) in [5, 5.41) is 0. The monoisotopic (exact) mass is 202 g/mol. The van der Waals surface area contributed by atoms with Crippen molar-refractivity contribution in [2.24, 2.45) is 11.7 Å². The van der Waals surface area contributed by atoms with Gasteiger partial charge in [0, 0.05) is 23.9 Å². The van der Waals surface area contributed by atoms with Crippen molar-refractivity contribution in [2.75, 3.05) is 0 Å². The first-order valence-corrected chi connectivity index (χ1v) is 6.04. The van der Waals surface area contributed by atoms with Crippen LogP contribution in [0.4, 0.5) is 0 Å². The third-order valence-corrected chi connectivity index (χ3v) is 4.08. The zero-order valence-electron chi connectivity index (χ0n) is 9.02. The zero-order valence-corrected chi connectivity index (χ0v) is 9.02. The Labute approximate surface area is 90.9 Å². The topological polar surface area (TPSA) is 38.9 Å². The predicted molar refractivity (Wildman–Crippen MR) is 60.6 cm³/mol. The first-order chi connectivity index (χ1) is 7.34. The van der Waals surface area contributed by atoms with Crippen LogP contribution in [-0.2, 0) is 6.42 Å². The van der Waals surface area contributed by atoms with E-state index in [4.69, 9.17) is 5.73 Å². The van der Waals surface area contributed by atoms with Gasteiger partial charge in [0.1, 0.15) is 0 Å². The molecule has 0 radical (unpaired) electrons. The summed E-state index contributed by atoms with van der Waals surface area (Å²) < 4.78 is 0. The molecule has 2 aliphatic rings. The number of nitrogens with two attached hydrogens (primary N) is 1. The van der Waals surface area contributed by atoms with E-state index in [2.05, 4.69) is 17.1 Å². The number of fused-ring (bicyclic) bond motifs is 1. The van der Waals surface area contributed by atoms with E-state index in [-0.39, 0.29) is 0 Å². The van der Waals surface area contributed by atoms with Gasteiger partial charge in [-0.05, 0) is 49.7 Å². The highest BCUT2D eigenvalue weighted by Crippen LogP contribution is 2.43. The van der Waals surface area contributed by atoms with Crippen LogP contribution in [0.2, 0.25) is 0 Å². The lowest BCUT2D eigenvalue weighted by atomic mass is 9.88. The van der Waals surface area contributed by atoms with Crippen molar-refractivity contribution in [1.82, 2.24) is 4.98 Å². The maximum absolute atomic E-state index is 5.99. The summed E-state index contributed by atoms with van der Waals surface area (Å²) in [6.45, 7) is 0. The average Bonchev–Trinajstić information content (AvgIpc) is 2.83. The van der Waals surface area contributed by atoms with Crippen molar-refractivity contribution in [3.63, 3.8) is 0 Å². The highest BCUT2D eigenvalue weighted by Gasteiger charge is 2.34. The molecule has 3 atom stereocenters. The van der Waals surface area contributed by atoms with Gasteiger partial charge in [0.2, 0.25) is 0 Å². The summed E-state index contributed by atoms with van der Waals surface area (Å²) in [7, 11) is 0. The number of aromatic nitrogens is 1. The van der Waals surface area contributed by atoms with Gasteiger partial charge >= 0.3 is 0 Å². The van der Waals surface area contributed by atoms with Crippen molar-refractivity contribution < 1.29 is 0 Å². The van der Waals surface area contributed by atoms with Gasteiger partial charge in [-0.3, -0.25) is 4.98 Å². The van der Waals surface area contributed by atoms with Gasteiger partial charge in [-0.1, -0.05) is 6.07 Å². The summed E-state index contributed by atoms with van der Waals surface area (Å²) in [5.74, 6) is 1.51. The van der Waals surface area contributed by atoms with Gasteiger partial charge in [-0.15, -0.1) is 0 Å². The van der Waals surface area contributed by atoms with Crippen molar-refractivity contribution in [1.29, 1.82) is 0 Å². The number of nitrogens with zero attached hydrogens (tertiary/aromatic N) is 1. The molecule has 15 heavy (non-hydrogen) atoms.